The highest BCUT2D eigenvalue weighted by Gasteiger charge is 2.22. The number of para-hydroxylation sites is 1. The average Bonchev–Trinajstić information content (AvgIpc) is 3.08. The number of anilines is 1. The smallest absolute Gasteiger partial charge is 0.323 e. The number of likely N-dealkylation sites (N-methyl/N-ethyl adjacent to an activating group) is 1. The first kappa shape index (κ1) is 20.6. The zero-order chi connectivity index (χ0) is 22.0. The largest absolute Gasteiger partial charge is 0.459 e. The van der Waals surface area contributed by atoms with Crippen molar-refractivity contribution in [2.24, 2.45) is 5.73 Å². The molecule has 3 N–H and O–H groups in total. The number of aromatic nitrogens is 1. The molecule has 1 aromatic carbocycles. The van der Waals surface area contributed by atoms with Crippen molar-refractivity contribution in [3.63, 3.8) is 0 Å². The number of benzene rings is 1. The third-order valence-corrected chi connectivity index (χ3v) is 5.38. The number of fused-ring (bicyclic) bond motifs is 2. The number of aryl methyl sites for hydroxylation is 1. The molecular weight excluding hydrogens is 394 g/mol. The van der Waals surface area contributed by atoms with E-state index in [1.54, 1.807) is 29.1 Å². The summed E-state index contributed by atoms with van der Waals surface area (Å²) in [6.45, 7) is 3.68. The minimum absolute atomic E-state index is 0.143. The Morgan fingerprint density at radius 3 is 2.97 bits per heavy atom. The highest BCUT2D eigenvalue weighted by molar-refractivity contribution is 5.93. The van der Waals surface area contributed by atoms with E-state index >= 15 is 0 Å². The third kappa shape index (κ3) is 4.29. The lowest BCUT2D eigenvalue weighted by Crippen LogP contribution is -2.41. The SMILES string of the molecule is Cc1c(CN(C)C(=O)/C=C/c2cnc3c(c2)CN(CCN)C(=O)N3)oc2ccccc12. The summed E-state index contributed by atoms with van der Waals surface area (Å²) in [5, 5.41) is 3.82. The van der Waals surface area contributed by atoms with Crippen molar-refractivity contribution in [3.8, 4) is 0 Å². The fourth-order valence-corrected chi connectivity index (χ4v) is 3.61. The summed E-state index contributed by atoms with van der Waals surface area (Å²) >= 11 is 0. The Morgan fingerprint density at radius 2 is 2.19 bits per heavy atom. The van der Waals surface area contributed by atoms with Gasteiger partial charge in [-0.25, -0.2) is 9.78 Å². The Morgan fingerprint density at radius 1 is 1.39 bits per heavy atom. The molecule has 3 amide bonds. The molecule has 31 heavy (non-hydrogen) atoms. The molecule has 160 valence electrons. The lowest BCUT2D eigenvalue weighted by molar-refractivity contribution is -0.125. The van der Waals surface area contributed by atoms with Gasteiger partial charge in [-0.2, -0.15) is 0 Å². The van der Waals surface area contributed by atoms with E-state index in [1.165, 1.54) is 6.08 Å². The topological polar surface area (TPSA) is 105 Å². The van der Waals surface area contributed by atoms with Crippen LogP contribution < -0.4 is 11.1 Å². The molecule has 3 heterocycles. The molecule has 0 spiro atoms. The van der Waals surface area contributed by atoms with Gasteiger partial charge in [-0.05, 0) is 30.7 Å². The monoisotopic (exact) mass is 419 g/mol. The van der Waals surface area contributed by atoms with Gasteiger partial charge < -0.3 is 20.0 Å². The molecule has 8 nitrogen and oxygen atoms in total. The van der Waals surface area contributed by atoms with Gasteiger partial charge >= 0.3 is 6.03 Å². The summed E-state index contributed by atoms with van der Waals surface area (Å²) in [5.74, 6) is 1.17. The number of urea groups is 1. The third-order valence-electron chi connectivity index (χ3n) is 5.38. The van der Waals surface area contributed by atoms with Gasteiger partial charge in [0.05, 0.1) is 13.1 Å². The molecule has 1 aliphatic heterocycles. The first-order chi connectivity index (χ1) is 15.0. The average molecular weight is 419 g/mol. The lowest BCUT2D eigenvalue weighted by atomic mass is 10.1. The molecule has 4 rings (SSSR count). The summed E-state index contributed by atoms with van der Waals surface area (Å²) in [6.07, 6.45) is 4.87. The molecule has 1 aliphatic rings. The summed E-state index contributed by atoms with van der Waals surface area (Å²) in [5.41, 5.74) is 9.10. The minimum Gasteiger partial charge on any atom is -0.459 e. The molecule has 0 fully saturated rings. The van der Waals surface area contributed by atoms with Gasteiger partial charge in [0.2, 0.25) is 5.91 Å². The van der Waals surface area contributed by atoms with Crippen molar-refractivity contribution in [3.05, 3.63) is 65.1 Å². The summed E-state index contributed by atoms with van der Waals surface area (Å²) in [4.78, 5) is 32.2. The highest BCUT2D eigenvalue weighted by Crippen LogP contribution is 2.26. The van der Waals surface area contributed by atoms with E-state index in [1.807, 2.05) is 37.3 Å². The Labute approximate surface area is 180 Å². The molecule has 0 radical (unpaired) electrons. The minimum atomic E-state index is -0.202. The molecule has 0 saturated heterocycles. The predicted molar refractivity (Wildman–Crippen MR) is 119 cm³/mol. The normalized spacial score (nSPS) is 13.5. The van der Waals surface area contributed by atoms with Gasteiger partial charge in [-0.1, -0.05) is 18.2 Å². The van der Waals surface area contributed by atoms with Crippen LogP contribution in [0.25, 0.3) is 17.0 Å². The molecule has 0 bridgehead atoms. The van der Waals surface area contributed by atoms with Crippen LogP contribution in [-0.2, 0) is 17.9 Å². The van der Waals surface area contributed by atoms with Gasteiger partial charge in [0, 0.05) is 48.9 Å². The maximum absolute atomic E-state index is 12.6. The van der Waals surface area contributed by atoms with E-state index in [0.29, 0.717) is 32.0 Å². The number of amides is 3. The Balaban J connectivity index is 1.44. The maximum atomic E-state index is 12.6. The van der Waals surface area contributed by atoms with Crippen molar-refractivity contribution in [1.29, 1.82) is 0 Å². The number of nitrogens with two attached hydrogens (primary N) is 1. The predicted octanol–water partition coefficient (Wildman–Crippen LogP) is 3.11. The van der Waals surface area contributed by atoms with Crippen molar-refractivity contribution in [1.82, 2.24) is 14.8 Å². The number of carbonyl (C=O) groups excluding carboxylic acids is 2. The Kier molecular flexibility index (Phi) is 5.73. The highest BCUT2D eigenvalue weighted by atomic mass is 16.3. The number of hydrogen-bond donors (Lipinski definition) is 2. The van der Waals surface area contributed by atoms with Gasteiger partial charge in [0.25, 0.3) is 0 Å². The van der Waals surface area contributed by atoms with E-state index in [2.05, 4.69) is 10.3 Å². The van der Waals surface area contributed by atoms with Crippen LogP contribution in [-0.4, -0.2) is 46.9 Å². The van der Waals surface area contributed by atoms with Crippen molar-refractivity contribution >= 4 is 34.8 Å². The van der Waals surface area contributed by atoms with Gasteiger partial charge in [0.1, 0.15) is 17.2 Å². The molecule has 0 aliphatic carbocycles. The van der Waals surface area contributed by atoms with E-state index in [4.69, 9.17) is 10.2 Å². The van der Waals surface area contributed by atoms with Crippen LogP contribution in [0.3, 0.4) is 0 Å². The number of hydrogen-bond acceptors (Lipinski definition) is 5. The van der Waals surface area contributed by atoms with Crippen LogP contribution in [0.2, 0.25) is 0 Å². The molecule has 2 aromatic heterocycles. The van der Waals surface area contributed by atoms with E-state index in [9.17, 15) is 9.59 Å². The zero-order valence-corrected chi connectivity index (χ0v) is 17.6. The summed E-state index contributed by atoms with van der Waals surface area (Å²) in [6, 6.07) is 9.55. The Hall–Kier alpha value is -3.65. The van der Waals surface area contributed by atoms with Gasteiger partial charge in [-0.15, -0.1) is 0 Å². The summed E-state index contributed by atoms with van der Waals surface area (Å²) < 4.78 is 5.91. The number of rotatable bonds is 6. The van der Waals surface area contributed by atoms with E-state index in [0.717, 1.165) is 33.4 Å². The second kappa shape index (κ2) is 8.61. The lowest BCUT2D eigenvalue weighted by Gasteiger charge is -2.28. The molecule has 0 saturated carbocycles. The second-order valence-corrected chi connectivity index (χ2v) is 7.59. The van der Waals surface area contributed by atoms with E-state index < -0.39 is 0 Å². The van der Waals surface area contributed by atoms with E-state index in [-0.39, 0.29) is 11.9 Å². The van der Waals surface area contributed by atoms with Crippen LogP contribution >= 0.6 is 0 Å². The number of nitrogens with one attached hydrogen (secondary N) is 1. The first-order valence-corrected chi connectivity index (χ1v) is 10.1. The van der Waals surface area contributed by atoms with Gasteiger partial charge in [-0.3, -0.25) is 10.1 Å². The standard InChI is InChI=1S/C23H25N5O3/c1-15-18-5-3-4-6-19(18)31-20(15)14-27(2)21(29)8-7-16-11-17-13-28(10-9-24)23(30)26-22(17)25-12-16/h3-8,11-12H,9-10,13-14,24H2,1-2H3,(H,25,26,30)/b8-7+. The number of pyridine rings is 1. The second-order valence-electron chi connectivity index (χ2n) is 7.59. The molecule has 8 heteroatoms. The summed E-state index contributed by atoms with van der Waals surface area (Å²) in [7, 11) is 1.74. The van der Waals surface area contributed by atoms with Gasteiger partial charge in [0.15, 0.2) is 0 Å². The fraction of sp³-hybridized carbons (Fsp3) is 0.261. The van der Waals surface area contributed by atoms with Crippen LogP contribution in [0.5, 0.6) is 0 Å². The molecule has 0 atom stereocenters. The van der Waals surface area contributed by atoms with Crippen LogP contribution in [0.1, 0.15) is 22.5 Å². The molecule has 3 aromatic rings. The van der Waals surface area contributed by atoms with Crippen molar-refractivity contribution in [2.45, 2.75) is 20.0 Å². The zero-order valence-electron chi connectivity index (χ0n) is 17.6. The fourth-order valence-electron chi connectivity index (χ4n) is 3.61. The van der Waals surface area contributed by atoms with Crippen LogP contribution in [0, 0.1) is 6.92 Å². The van der Waals surface area contributed by atoms with Crippen LogP contribution in [0.4, 0.5) is 10.6 Å². The quantitative estimate of drug-likeness (QED) is 0.598. The molecular formula is C23H25N5O3. The van der Waals surface area contributed by atoms with Crippen molar-refractivity contribution < 1.29 is 14.0 Å². The number of nitrogens with zero attached hydrogens (tertiary/aromatic N) is 3. The Bertz CT molecular complexity index is 1170. The first-order valence-electron chi connectivity index (χ1n) is 10.1. The molecule has 0 unspecified atom stereocenters. The number of carbonyl (C=O) groups is 2. The van der Waals surface area contributed by atoms with Crippen molar-refractivity contribution in [2.75, 3.05) is 25.5 Å². The number of furan rings is 1. The maximum Gasteiger partial charge on any atom is 0.323 e. The van der Waals surface area contributed by atoms with Crippen LogP contribution in [0.15, 0.2) is 47.0 Å².